The second-order valence-electron chi connectivity index (χ2n) is 23.4. The van der Waals surface area contributed by atoms with E-state index in [1.54, 1.807) is 0 Å². The fraction of sp³-hybridized carbons (Fsp3) is 0.902. The van der Waals surface area contributed by atoms with Crippen LogP contribution in [0.5, 0.6) is 0 Å². The Morgan fingerprint density at radius 1 is 0.517 bits per heavy atom. The van der Waals surface area contributed by atoms with Crippen molar-refractivity contribution in [3.8, 4) is 0 Å². The summed E-state index contributed by atoms with van der Waals surface area (Å²) in [4.78, 5) is 63.9. The molecule has 5 saturated heterocycles. The van der Waals surface area contributed by atoms with E-state index >= 15 is 0 Å². The highest BCUT2D eigenvalue weighted by Gasteiger charge is 2.59. The van der Waals surface area contributed by atoms with E-state index in [-0.39, 0.29) is 0 Å². The Labute approximate surface area is 496 Å². The van der Waals surface area contributed by atoms with Gasteiger partial charge in [0.25, 0.3) is 5.91 Å². The van der Waals surface area contributed by atoms with Crippen molar-refractivity contribution in [3.63, 3.8) is 0 Å². The first-order valence-electron chi connectivity index (χ1n) is 27.9. The van der Waals surface area contributed by atoms with E-state index in [1.165, 1.54) is 13.8 Å². The Hall–Kier alpha value is -3.69. The molecule has 29 unspecified atom stereocenters. The Kier molecular flexibility index (Phi) is 26.9. The van der Waals surface area contributed by atoms with E-state index in [2.05, 4.69) is 10.6 Å². The first-order chi connectivity index (χ1) is 40.7. The first-order valence-corrected chi connectivity index (χ1v) is 27.9. The smallest absolute Gasteiger partial charge is 0.333 e. The minimum absolute atomic E-state index is 0.532. The third kappa shape index (κ3) is 16.7. The van der Waals surface area contributed by atoms with E-state index < -0.39 is 290 Å². The van der Waals surface area contributed by atoms with Crippen LogP contribution in [0.25, 0.3) is 0 Å². The van der Waals surface area contributed by atoms with E-state index in [0.29, 0.717) is 0 Å². The number of hydrogen-bond donors (Lipinski definition) is 22. The highest BCUT2D eigenvalue weighted by molar-refractivity contribution is 5.83. The van der Waals surface area contributed by atoms with Crippen LogP contribution < -0.4 is 10.6 Å². The van der Waals surface area contributed by atoms with E-state index in [9.17, 15) is 126 Å². The van der Waals surface area contributed by atoms with E-state index in [1.807, 2.05) is 0 Å². The van der Waals surface area contributed by atoms with Crippen molar-refractivity contribution >= 4 is 29.7 Å². The molecule has 29 atom stereocenters. The number of carbonyl (C=O) groups excluding carboxylic acids is 2. The first kappa shape index (κ1) is 74.0. The summed E-state index contributed by atoms with van der Waals surface area (Å²) in [5, 5.41) is 215. The maximum absolute atomic E-state index is 14.2. The molecule has 22 N–H and O–H groups in total. The summed E-state index contributed by atoms with van der Waals surface area (Å²) >= 11 is 0. The van der Waals surface area contributed by atoms with Gasteiger partial charge in [-0.1, -0.05) is 13.8 Å². The molecule has 0 bridgehead atoms. The van der Waals surface area contributed by atoms with Crippen molar-refractivity contribution in [2.45, 2.75) is 173 Å². The van der Waals surface area contributed by atoms with Crippen LogP contribution in [0, 0.1) is 29.1 Å². The molecular weight excluding hydrogens is 1180 g/mol. The predicted octanol–water partition coefficient (Wildman–Crippen LogP) is -12.3. The second-order valence-corrected chi connectivity index (χ2v) is 23.4. The molecule has 5 aliphatic heterocycles. The van der Waals surface area contributed by atoms with Gasteiger partial charge in [0.05, 0.1) is 115 Å². The number of carbonyl (C=O) groups is 5. The van der Waals surface area contributed by atoms with Gasteiger partial charge in [-0.05, 0) is 13.8 Å². The van der Waals surface area contributed by atoms with Crippen LogP contribution in [0.4, 0.5) is 0 Å². The third-order valence-electron chi connectivity index (χ3n) is 17.0. The molecular formula is C51H86N2O34. The van der Waals surface area contributed by atoms with Crippen LogP contribution in [0.3, 0.4) is 0 Å². The number of ether oxygens (including phenoxy) is 9. The normalized spacial score (nSPS) is 42.3. The summed E-state index contributed by atoms with van der Waals surface area (Å²) in [6, 6.07) is 0. The zero-order valence-corrected chi connectivity index (χ0v) is 47.9. The lowest BCUT2D eigenvalue weighted by atomic mass is 9.73. The number of aliphatic hydroxyl groups is 17. The quantitative estimate of drug-likeness (QED) is 0.0297. The standard InChI is InChI=1S/C51H86N2O34/c1-18-27(58)32(63)25(84-37(18)46(73)74)13-80-11-21-30(61)42(70)51(4,87-39(21)48(77)78)17-82-16-49(2)40(68)34(65)26(14-81-10-20-29(60)41(69)50(3,15-56)86-38(20)47(75)76)85-43(49)45(72)53-6-5-52-44(71)36(67)28(59)19(22(57)7-54)9-79-12-24-33(64)35(66)31(62)23(8-55)83-24/h18-43,54-70H,5-17H2,1-4H3,(H,52,71)(H,53,72)(H,73,74)(H,75,76)(H,77,78). The average molecular weight is 1270 g/mol. The van der Waals surface area contributed by atoms with Crippen molar-refractivity contribution in [3.05, 3.63) is 0 Å². The molecule has 2 amide bonds. The summed E-state index contributed by atoms with van der Waals surface area (Å²) in [6.45, 7) is -4.67. The molecule has 5 fully saturated rings. The summed E-state index contributed by atoms with van der Waals surface area (Å²) in [7, 11) is 0. The van der Waals surface area contributed by atoms with Crippen molar-refractivity contribution < 1.29 is 169 Å². The zero-order chi connectivity index (χ0) is 65.4. The van der Waals surface area contributed by atoms with Crippen molar-refractivity contribution in [2.75, 3.05) is 85.8 Å². The molecule has 0 radical (unpaired) electrons. The third-order valence-corrected chi connectivity index (χ3v) is 17.0. The van der Waals surface area contributed by atoms with Gasteiger partial charge < -0.3 is 155 Å². The lowest BCUT2D eigenvalue weighted by Crippen LogP contribution is -2.67. The molecule has 36 heteroatoms. The molecule has 36 nitrogen and oxygen atoms in total. The average Bonchev–Trinajstić information content (AvgIpc) is 1.13. The van der Waals surface area contributed by atoms with Crippen LogP contribution >= 0.6 is 0 Å². The van der Waals surface area contributed by atoms with Gasteiger partial charge in [-0.2, -0.15) is 0 Å². The maximum Gasteiger partial charge on any atom is 0.333 e. The molecule has 5 rings (SSSR count). The molecule has 0 aliphatic carbocycles. The van der Waals surface area contributed by atoms with Crippen molar-refractivity contribution in [1.29, 1.82) is 0 Å². The lowest BCUT2D eigenvalue weighted by Gasteiger charge is -2.50. The molecule has 0 spiro atoms. The van der Waals surface area contributed by atoms with Gasteiger partial charge in [-0.3, -0.25) is 9.59 Å². The maximum atomic E-state index is 14.2. The van der Waals surface area contributed by atoms with Gasteiger partial charge in [-0.15, -0.1) is 0 Å². The molecule has 5 heterocycles. The Morgan fingerprint density at radius 3 is 1.53 bits per heavy atom. The van der Waals surface area contributed by atoms with Crippen LogP contribution in [0.1, 0.15) is 27.7 Å². The summed E-state index contributed by atoms with van der Waals surface area (Å²) in [5.41, 5.74) is -6.12. The number of nitrogens with one attached hydrogen (secondary N) is 2. The van der Waals surface area contributed by atoms with Gasteiger partial charge in [0, 0.05) is 36.8 Å². The Bertz CT molecular complexity index is 2240. The largest absolute Gasteiger partial charge is 0.479 e. The monoisotopic (exact) mass is 1270 g/mol. The van der Waals surface area contributed by atoms with Crippen molar-refractivity contribution in [2.24, 2.45) is 29.1 Å². The van der Waals surface area contributed by atoms with Gasteiger partial charge in [0.1, 0.15) is 84.4 Å². The van der Waals surface area contributed by atoms with E-state index in [0.717, 1.165) is 13.8 Å². The van der Waals surface area contributed by atoms with Gasteiger partial charge in [0.15, 0.2) is 24.4 Å². The molecule has 87 heavy (non-hydrogen) atoms. The number of aliphatic carboxylic acids is 3. The molecule has 0 saturated carbocycles. The van der Waals surface area contributed by atoms with E-state index in [4.69, 9.17) is 42.6 Å². The second kappa shape index (κ2) is 31.6. The van der Waals surface area contributed by atoms with Crippen molar-refractivity contribution in [1.82, 2.24) is 10.6 Å². The minimum Gasteiger partial charge on any atom is -0.479 e. The number of hydrogen-bond acceptors (Lipinski definition) is 31. The molecule has 0 aromatic heterocycles. The lowest BCUT2D eigenvalue weighted by molar-refractivity contribution is -0.281. The fourth-order valence-corrected chi connectivity index (χ4v) is 11.2. The molecule has 5 aliphatic rings. The summed E-state index contributed by atoms with van der Waals surface area (Å²) in [5.74, 6) is -12.9. The fourth-order valence-electron chi connectivity index (χ4n) is 11.2. The highest BCUT2D eigenvalue weighted by Crippen LogP contribution is 2.41. The SMILES string of the molecule is CC1C(C(=O)O)OC(COCC2C(C(=O)O)OC(C)(COCC3(C)C(C(=O)NCCNC(=O)C(O)C(O)C(COCC4OC(CO)C(O)C(O)C4O)C(O)CO)OC(COCC4C(C(=O)O)OC(C)(CO)C(O)C4O)C(O)C3O)C(O)C2O)C(O)C1O. The van der Waals surface area contributed by atoms with Crippen LogP contribution in [0.2, 0.25) is 0 Å². The molecule has 0 aromatic rings. The van der Waals surface area contributed by atoms with Crippen LogP contribution in [0.15, 0.2) is 0 Å². The summed E-state index contributed by atoms with van der Waals surface area (Å²) < 4.78 is 50.5. The molecule has 0 aromatic carbocycles. The number of aliphatic hydroxyl groups excluding tert-OH is 17. The molecule has 504 valence electrons. The van der Waals surface area contributed by atoms with Gasteiger partial charge in [0.2, 0.25) is 5.91 Å². The van der Waals surface area contributed by atoms with Gasteiger partial charge in [-0.25, -0.2) is 14.4 Å². The number of carboxylic acid groups (broad SMARTS) is 3. The zero-order valence-electron chi connectivity index (χ0n) is 47.9. The topological polar surface area (TPSA) is 597 Å². The summed E-state index contributed by atoms with van der Waals surface area (Å²) in [6.07, 6.45) is -39.5. The minimum atomic E-state index is -2.36. The number of carboxylic acids is 3. The Morgan fingerprint density at radius 2 is 1.00 bits per heavy atom. The number of amides is 2. The van der Waals surface area contributed by atoms with Crippen LogP contribution in [-0.2, 0) is 66.6 Å². The van der Waals surface area contributed by atoms with Gasteiger partial charge >= 0.3 is 17.9 Å². The Balaban J connectivity index is 1.27. The van der Waals surface area contributed by atoms with Crippen LogP contribution in [-0.4, -0.2) is 363 Å². The highest BCUT2D eigenvalue weighted by atomic mass is 16.6. The number of rotatable bonds is 30. The predicted molar refractivity (Wildman–Crippen MR) is 278 cm³/mol.